The number of phenols is 1. The van der Waals surface area contributed by atoms with Crippen LogP contribution < -0.4 is 0 Å². The summed E-state index contributed by atoms with van der Waals surface area (Å²) in [5, 5.41) is 9.60. The third-order valence-corrected chi connectivity index (χ3v) is 2.31. The lowest BCUT2D eigenvalue weighted by Crippen LogP contribution is -2.07. The van der Waals surface area contributed by atoms with Gasteiger partial charge in [0.05, 0.1) is 18.2 Å². The van der Waals surface area contributed by atoms with Gasteiger partial charge < -0.3 is 9.84 Å². The molecule has 0 unspecified atom stereocenters. The number of rotatable bonds is 4. The van der Waals surface area contributed by atoms with Crippen molar-refractivity contribution in [3.63, 3.8) is 0 Å². The molecule has 4 heteroatoms. The Morgan fingerprint density at radius 3 is 2.53 bits per heavy atom. The number of carbonyl (C=O) groups excluding carboxylic acids is 2. The first kappa shape index (κ1) is 13.2. The second-order valence-corrected chi connectivity index (χ2v) is 4.24. The van der Waals surface area contributed by atoms with Crippen molar-refractivity contribution >= 4 is 11.8 Å². The van der Waals surface area contributed by atoms with E-state index in [1.54, 1.807) is 0 Å². The van der Waals surface area contributed by atoms with Crippen LogP contribution in [0.3, 0.4) is 0 Å². The van der Waals surface area contributed by atoms with Gasteiger partial charge in [-0.05, 0) is 24.1 Å². The van der Waals surface area contributed by atoms with Gasteiger partial charge in [-0.25, -0.2) is 4.79 Å². The third kappa shape index (κ3) is 3.31. The Labute approximate surface area is 100 Å². The first-order chi connectivity index (χ1) is 7.95. The zero-order chi connectivity index (χ0) is 13.0. The Balaban J connectivity index is 3.06. The Hall–Kier alpha value is -1.84. The van der Waals surface area contributed by atoms with Gasteiger partial charge >= 0.3 is 5.97 Å². The average molecular weight is 236 g/mol. The molecule has 0 atom stereocenters. The first-order valence-corrected chi connectivity index (χ1v) is 5.40. The fourth-order valence-electron chi connectivity index (χ4n) is 1.48. The predicted molar refractivity (Wildman–Crippen MR) is 63.2 cm³/mol. The largest absolute Gasteiger partial charge is 0.507 e. The van der Waals surface area contributed by atoms with E-state index in [0.717, 1.165) is 0 Å². The SMILES string of the molecule is COC(=O)c1ccc(O)c(C(=O)CC(C)C)c1. The molecular weight excluding hydrogens is 220 g/mol. The van der Waals surface area contributed by atoms with Crippen molar-refractivity contribution in [2.75, 3.05) is 7.11 Å². The van der Waals surface area contributed by atoms with E-state index in [4.69, 9.17) is 0 Å². The molecule has 17 heavy (non-hydrogen) atoms. The number of esters is 1. The highest BCUT2D eigenvalue weighted by molar-refractivity contribution is 6.01. The molecule has 0 saturated heterocycles. The second-order valence-electron chi connectivity index (χ2n) is 4.24. The molecule has 0 aliphatic carbocycles. The van der Waals surface area contributed by atoms with E-state index in [9.17, 15) is 14.7 Å². The van der Waals surface area contributed by atoms with Crippen LogP contribution in [0.5, 0.6) is 5.75 Å². The van der Waals surface area contributed by atoms with E-state index in [1.807, 2.05) is 13.8 Å². The fourth-order valence-corrected chi connectivity index (χ4v) is 1.48. The molecule has 1 N–H and O–H groups in total. The van der Waals surface area contributed by atoms with Crippen LogP contribution in [0.4, 0.5) is 0 Å². The molecule has 0 aliphatic heterocycles. The monoisotopic (exact) mass is 236 g/mol. The van der Waals surface area contributed by atoms with Gasteiger partial charge in [0, 0.05) is 6.42 Å². The number of phenolic OH excluding ortho intramolecular Hbond substituents is 1. The molecule has 1 rings (SSSR count). The van der Waals surface area contributed by atoms with Crippen LogP contribution in [0.25, 0.3) is 0 Å². The number of carbonyl (C=O) groups is 2. The number of Topliss-reactive ketones (excluding diaryl/α,β-unsaturated/α-hetero) is 1. The van der Waals surface area contributed by atoms with Crippen LogP contribution in [0.1, 0.15) is 41.0 Å². The molecule has 0 fully saturated rings. The highest BCUT2D eigenvalue weighted by Crippen LogP contribution is 2.22. The van der Waals surface area contributed by atoms with E-state index in [2.05, 4.69) is 4.74 Å². The van der Waals surface area contributed by atoms with Gasteiger partial charge in [0.15, 0.2) is 5.78 Å². The van der Waals surface area contributed by atoms with Crippen LogP contribution >= 0.6 is 0 Å². The number of hydrogen-bond acceptors (Lipinski definition) is 4. The quantitative estimate of drug-likeness (QED) is 0.644. The van der Waals surface area contributed by atoms with E-state index < -0.39 is 5.97 Å². The van der Waals surface area contributed by atoms with E-state index in [0.29, 0.717) is 6.42 Å². The minimum Gasteiger partial charge on any atom is -0.507 e. The number of aromatic hydroxyl groups is 1. The van der Waals surface area contributed by atoms with E-state index in [1.165, 1.54) is 25.3 Å². The summed E-state index contributed by atoms with van der Waals surface area (Å²) >= 11 is 0. The number of hydrogen-bond donors (Lipinski definition) is 1. The third-order valence-electron chi connectivity index (χ3n) is 2.31. The number of ketones is 1. The molecule has 0 amide bonds. The minimum atomic E-state index is -0.524. The van der Waals surface area contributed by atoms with Gasteiger partial charge in [0.25, 0.3) is 0 Å². The lowest BCUT2D eigenvalue weighted by Gasteiger charge is -2.07. The van der Waals surface area contributed by atoms with E-state index >= 15 is 0 Å². The summed E-state index contributed by atoms with van der Waals surface area (Å²) in [7, 11) is 1.27. The van der Waals surface area contributed by atoms with Crippen LogP contribution in [0.2, 0.25) is 0 Å². The highest BCUT2D eigenvalue weighted by Gasteiger charge is 2.16. The summed E-state index contributed by atoms with van der Waals surface area (Å²) < 4.78 is 4.56. The van der Waals surface area contributed by atoms with Crippen molar-refractivity contribution in [3.8, 4) is 5.75 Å². The first-order valence-electron chi connectivity index (χ1n) is 5.40. The van der Waals surface area contributed by atoms with Crippen molar-refractivity contribution in [2.24, 2.45) is 5.92 Å². The summed E-state index contributed by atoms with van der Waals surface area (Å²) in [5.74, 6) is -0.612. The van der Waals surface area contributed by atoms with Crippen LogP contribution in [-0.4, -0.2) is 24.0 Å². The summed E-state index contributed by atoms with van der Waals surface area (Å²) in [4.78, 5) is 23.1. The molecule has 0 heterocycles. The Bertz CT molecular complexity index is 435. The minimum absolute atomic E-state index is 0.108. The van der Waals surface area contributed by atoms with Gasteiger partial charge in [-0.15, -0.1) is 0 Å². The van der Waals surface area contributed by atoms with Crippen LogP contribution in [-0.2, 0) is 4.74 Å². The van der Waals surface area contributed by atoms with Crippen LogP contribution in [0.15, 0.2) is 18.2 Å². The fraction of sp³-hybridized carbons (Fsp3) is 0.385. The second kappa shape index (κ2) is 5.48. The molecule has 92 valence electrons. The van der Waals surface area contributed by atoms with Gasteiger partial charge in [-0.3, -0.25) is 4.79 Å². The zero-order valence-electron chi connectivity index (χ0n) is 10.2. The molecule has 1 aromatic carbocycles. The van der Waals surface area contributed by atoms with Gasteiger partial charge in [0.2, 0.25) is 0 Å². The molecule has 0 bridgehead atoms. The summed E-state index contributed by atoms with van der Waals surface area (Å²) in [6.07, 6.45) is 0.332. The summed E-state index contributed by atoms with van der Waals surface area (Å²) in [6, 6.07) is 4.12. The molecule has 4 nitrogen and oxygen atoms in total. The Morgan fingerprint density at radius 2 is 2.00 bits per heavy atom. The number of methoxy groups -OCH3 is 1. The standard InChI is InChI=1S/C13H16O4/c1-8(2)6-12(15)10-7-9(13(16)17-3)4-5-11(10)14/h4-5,7-8,14H,6H2,1-3H3. The molecular formula is C13H16O4. The molecule has 0 spiro atoms. The average Bonchev–Trinajstić information content (AvgIpc) is 2.27. The molecule has 1 aromatic rings. The number of ether oxygens (including phenoxy) is 1. The maximum Gasteiger partial charge on any atom is 0.337 e. The maximum absolute atomic E-state index is 11.8. The molecule has 0 radical (unpaired) electrons. The lowest BCUT2D eigenvalue weighted by atomic mass is 9.99. The maximum atomic E-state index is 11.8. The van der Waals surface area contributed by atoms with E-state index in [-0.39, 0.29) is 28.6 Å². The smallest absolute Gasteiger partial charge is 0.337 e. The van der Waals surface area contributed by atoms with Crippen molar-refractivity contribution in [1.82, 2.24) is 0 Å². The zero-order valence-corrected chi connectivity index (χ0v) is 10.2. The summed E-state index contributed by atoms with van der Waals surface area (Å²) in [5.41, 5.74) is 0.430. The van der Waals surface area contributed by atoms with Crippen molar-refractivity contribution in [1.29, 1.82) is 0 Å². The van der Waals surface area contributed by atoms with Crippen molar-refractivity contribution in [2.45, 2.75) is 20.3 Å². The van der Waals surface area contributed by atoms with Crippen LogP contribution in [0, 0.1) is 5.92 Å². The Morgan fingerprint density at radius 1 is 1.35 bits per heavy atom. The van der Waals surface area contributed by atoms with Crippen molar-refractivity contribution < 1.29 is 19.4 Å². The molecule has 0 saturated carbocycles. The lowest BCUT2D eigenvalue weighted by molar-refractivity contribution is 0.0600. The summed E-state index contributed by atoms with van der Waals surface area (Å²) in [6.45, 7) is 3.83. The van der Waals surface area contributed by atoms with Gasteiger partial charge in [0.1, 0.15) is 5.75 Å². The normalized spacial score (nSPS) is 10.4. The predicted octanol–water partition coefficient (Wildman–Crippen LogP) is 2.41. The number of benzene rings is 1. The molecule has 0 aliphatic rings. The van der Waals surface area contributed by atoms with Gasteiger partial charge in [-0.1, -0.05) is 13.8 Å². The Kier molecular flexibility index (Phi) is 4.26. The topological polar surface area (TPSA) is 63.6 Å². The van der Waals surface area contributed by atoms with Crippen molar-refractivity contribution in [3.05, 3.63) is 29.3 Å². The van der Waals surface area contributed by atoms with Gasteiger partial charge in [-0.2, -0.15) is 0 Å². The molecule has 0 aromatic heterocycles. The highest BCUT2D eigenvalue weighted by atomic mass is 16.5.